The monoisotopic (exact) mass is 262 g/mol. The number of imidazole rings is 1. The molecule has 1 aliphatic heterocycles. The van der Waals surface area contributed by atoms with Gasteiger partial charge in [0, 0.05) is 13.1 Å². The smallest absolute Gasteiger partial charge is 0.358 e. The van der Waals surface area contributed by atoms with Crippen molar-refractivity contribution in [3.05, 3.63) is 24.2 Å². The van der Waals surface area contributed by atoms with Crippen molar-refractivity contribution in [1.82, 2.24) is 14.6 Å². The van der Waals surface area contributed by atoms with Gasteiger partial charge in [-0.25, -0.2) is 14.3 Å². The number of anilines is 1. The minimum absolute atomic E-state index is 0.260. The lowest BCUT2D eigenvalue weighted by molar-refractivity contribution is 0.0594. The zero-order valence-corrected chi connectivity index (χ0v) is 10.6. The average Bonchev–Trinajstić information content (AvgIpc) is 2.91. The van der Waals surface area contributed by atoms with Crippen LogP contribution in [-0.4, -0.2) is 54.0 Å². The number of ether oxygens (including phenoxy) is 2. The standard InChI is InChI=1S/C12H14N4O3/c1-18-12(17)9-8-16-11(14-9)10(2-3-13-16)15-4-6-19-7-5-15/h2-3,8H,4-7H2,1H3. The van der Waals surface area contributed by atoms with Crippen molar-refractivity contribution in [2.75, 3.05) is 38.3 Å². The first-order valence-corrected chi connectivity index (χ1v) is 6.05. The van der Waals surface area contributed by atoms with E-state index in [0.717, 1.165) is 18.8 Å². The lowest BCUT2D eigenvalue weighted by Gasteiger charge is -2.28. The SMILES string of the molecule is COC(=O)c1cn2nccc(N3CCOCC3)c2n1. The lowest BCUT2D eigenvalue weighted by Crippen LogP contribution is -2.36. The highest BCUT2D eigenvalue weighted by Gasteiger charge is 2.18. The Balaban J connectivity index is 2.04. The molecule has 0 radical (unpaired) electrons. The van der Waals surface area contributed by atoms with E-state index >= 15 is 0 Å². The molecule has 2 aromatic heterocycles. The summed E-state index contributed by atoms with van der Waals surface area (Å²) >= 11 is 0. The molecule has 0 N–H and O–H groups in total. The molecule has 1 fully saturated rings. The molecule has 100 valence electrons. The van der Waals surface area contributed by atoms with Crippen molar-refractivity contribution < 1.29 is 14.3 Å². The summed E-state index contributed by atoms with van der Waals surface area (Å²) in [6, 6.07) is 1.90. The van der Waals surface area contributed by atoms with Gasteiger partial charge in [-0.3, -0.25) is 0 Å². The maximum atomic E-state index is 11.5. The Morgan fingerprint density at radius 3 is 2.95 bits per heavy atom. The van der Waals surface area contributed by atoms with E-state index in [2.05, 4.69) is 19.7 Å². The number of carbonyl (C=O) groups excluding carboxylic acids is 1. The van der Waals surface area contributed by atoms with E-state index in [1.165, 1.54) is 7.11 Å². The Labute approximate surface area is 109 Å². The summed E-state index contributed by atoms with van der Waals surface area (Å²) in [4.78, 5) is 18.0. The fourth-order valence-electron chi connectivity index (χ4n) is 2.14. The minimum Gasteiger partial charge on any atom is -0.464 e. The first-order chi connectivity index (χ1) is 9.29. The van der Waals surface area contributed by atoms with E-state index in [0.29, 0.717) is 18.9 Å². The number of hydrogen-bond acceptors (Lipinski definition) is 6. The molecule has 0 saturated carbocycles. The molecular weight excluding hydrogens is 248 g/mol. The number of rotatable bonds is 2. The Bertz CT molecular complexity index is 604. The number of fused-ring (bicyclic) bond motifs is 1. The third kappa shape index (κ3) is 2.12. The maximum absolute atomic E-state index is 11.5. The number of hydrogen-bond donors (Lipinski definition) is 0. The molecule has 19 heavy (non-hydrogen) atoms. The first-order valence-electron chi connectivity index (χ1n) is 6.05. The molecule has 0 unspecified atom stereocenters. The summed E-state index contributed by atoms with van der Waals surface area (Å²) in [5, 5.41) is 4.16. The molecule has 0 amide bonds. The predicted molar refractivity (Wildman–Crippen MR) is 67.4 cm³/mol. The second-order valence-corrected chi connectivity index (χ2v) is 4.20. The van der Waals surface area contributed by atoms with Crippen molar-refractivity contribution in [3.63, 3.8) is 0 Å². The van der Waals surface area contributed by atoms with Gasteiger partial charge in [0.25, 0.3) is 0 Å². The van der Waals surface area contributed by atoms with Crippen LogP contribution in [0.25, 0.3) is 5.65 Å². The topological polar surface area (TPSA) is 69.0 Å². The van der Waals surface area contributed by atoms with Crippen molar-refractivity contribution in [2.45, 2.75) is 0 Å². The second-order valence-electron chi connectivity index (χ2n) is 4.20. The zero-order valence-electron chi connectivity index (χ0n) is 10.6. The summed E-state index contributed by atoms with van der Waals surface area (Å²) < 4.78 is 11.6. The molecule has 2 aromatic rings. The van der Waals surface area contributed by atoms with Gasteiger partial charge in [0.2, 0.25) is 0 Å². The van der Waals surface area contributed by atoms with Crippen LogP contribution in [0, 0.1) is 0 Å². The van der Waals surface area contributed by atoms with Gasteiger partial charge in [0.05, 0.1) is 38.4 Å². The van der Waals surface area contributed by atoms with Crippen LogP contribution >= 0.6 is 0 Å². The first kappa shape index (κ1) is 11.9. The quantitative estimate of drug-likeness (QED) is 0.727. The van der Waals surface area contributed by atoms with Gasteiger partial charge in [-0.2, -0.15) is 5.10 Å². The van der Waals surface area contributed by atoms with Gasteiger partial charge in [-0.1, -0.05) is 0 Å². The molecule has 0 aromatic carbocycles. The molecule has 1 saturated heterocycles. The van der Waals surface area contributed by atoms with Gasteiger partial charge >= 0.3 is 5.97 Å². The minimum atomic E-state index is -0.460. The Morgan fingerprint density at radius 2 is 2.21 bits per heavy atom. The zero-order chi connectivity index (χ0) is 13.2. The van der Waals surface area contributed by atoms with Crippen LogP contribution in [0.2, 0.25) is 0 Å². The lowest BCUT2D eigenvalue weighted by atomic mass is 10.3. The van der Waals surface area contributed by atoms with Gasteiger partial charge in [0.15, 0.2) is 11.3 Å². The van der Waals surface area contributed by atoms with E-state index in [9.17, 15) is 4.79 Å². The number of carbonyl (C=O) groups is 1. The highest BCUT2D eigenvalue weighted by Crippen LogP contribution is 2.21. The third-order valence-electron chi connectivity index (χ3n) is 3.09. The molecule has 7 nitrogen and oxygen atoms in total. The van der Waals surface area contributed by atoms with E-state index in [1.54, 1.807) is 16.9 Å². The number of morpholine rings is 1. The van der Waals surface area contributed by atoms with Crippen LogP contribution in [0.5, 0.6) is 0 Å². The van der Waals surface area contributed by atoms with Gasteiger partial charge in [-0.05, 0) is 6.07 Å². The van der Waals surface area contributed by atoms with Crippen molar-refractivity contribution >= 4 is 17.3 Å². The molecular formula is C12H14N4O3. The normalized spacial score (nSPS) is 15.7. The maximum Gasteiger partial charge on any atom is 0.358 e. The number of esters is 1. The van der Waals surface area contributed by atoms with Crippen LogP contribution in [0.15, 0.2) is 18.5 Å². The van der Waals surface area contributed by atoms with Crippen molar-refractivity contribution in [2.24, 2.45) is 0 Å². The molecule has 1 aliphatic rings. The Hall–Kier alpha value is -2.15. The molecule has 0 spiro atoms. The van der Waals surface area contributed by atoms with Gasteiger partial charge in [0.1, 0.15) is 0 Å². The van der Waals surface area contributed by atoms with Crippen LogP contribution in [-0.2, 0) is 9.47 Å². The molecule has 3 rings (SSSR count). The summed E-state index contributed by atoms with van der Waals surface area (Å²) in [5.74, 6) is -0.460. The van der Waals surface area contributed by atoms with E-state index in [4.69, 9.17) is 4.74 Å². The number of nitrogens with zero attached hydrogens (tertiary/aromatic N) is 4. The molecule has 7 heteroatoms. The largest absolute Gasteiger partial charge is 0.464 e. The third-order valence-corrected chi connectivity index (χ3v) is 3.09. The summed E-state index contributed by atoms with van der Waals surface area (Å²) in [7, 11) is 1.34. The number of aromatic nitrogens is 3. The predicted octanol–water partition coefficient (Wildman–Crippen LogP) is 0.352. The van der Waals surface area contributed by atoms with Crippen LogP contribution in [0.1, 0.15) is 10.5 Å². The fourth-order valence-corrected chi connectivity index (χ4v) is 2.14. The summed E-state index contributed by atoms with van der Waals surface area (Å²) in [5.41, 5.74) is 1.87. The van der Waals surface area contributed by atoms with Gasteiger partial charge in [-0.15, -0.1) is 0 Å². The highest BCUT2D eigenvalue weighted by molar-refractivity contribution is 5.88. The second kappa shape index (κ2) is 4.85. The van der Waals surface area contributed by atoms with Crippen molar-refractivity contribution in [3.8, 4) is 0 Å². The Kier molecular flexibility index (Phi) is 3.04. The van der Waals surface area contributed by atoms with Crippen molar-refractivity contribution in [1.29, 1.82) is 0 Å². The fraction of sp³-hybridized carbons (Fsp3) is 0.417. The van der Waals surface area contributed by atoms with Crippen LogP contribution < -0.4 is 4.90 Å². The number of methoxy groups -OCH3 is 1. The summed E-state index contributed by atoms with van der Waals surface area (Å²) in [6.07, 6.45) is 3.27. The molecule has 3 heterocycles. The average molecular weight is 262 g/mol. The highest BCUT2D eigenvalue weighted by atomic mass is 16.5. The van der Waals surface area contributed by atoms with E-state index in [1.807, 2.05) is 6.07 Å². The van der Waals surface area contributed by atoms with Crippen LogP contribution in [0.4, 0.5) is 5.69 Å². The van der Waals surface area contributed by atoms with Gasteiger partial charge < -0.3 is 14.4 Å². The van der Waals surface area contributed by atoms with E-state index in [-0.39, 0.29) is 5.69 Å². The molecule has 0 bridgehead atoms. The van der Waals surface area contributed by atoms with E-state index < -0.39 is 5.97 Å². The van der Waals surface area contributed by atoms with Crippen LogP contribution in [0.3, 0.4) is 0 Å². The molecule has 0 atom stereocenters. The molecule has 0 aliphatic carbocycles. The summed E-state index contributed by atoms with van der Waals surface area (Å²) in [6.45, 7) is 3.00. The Morgan fingerprint density at radius 1 is 1.42 bits per heavy atom.